The number of hydrogen-bond acceptors (Lipinski definition) is 5. The van der Waals surface area contributed by atoms with Crippen molar-refractivity contribution >= 4 is 5.82 Å². The first-order valence-corrected chi connectivity index (χ1v) is 5.73. The number of ether oxygens (including phenoxy) is 1. The van der Waals surface area contributed by atoms with Gasteiger partial charge >= 0.3 is 0 Å². The zero-order valence-electron chi connectivity index (χ0n) is 10.8. The molecule has 0 saturated carbocycles. The smallest absolute Gasteiger partial charge is 0.133 e. The van der Waals surface area contributed by atoms with Gasteiger partial charge in [0.05, 0.1) is 18.0 Å². The minimum Gasteiger partial charge on any atom is -0.384 e. The molecular formula is C12H17N5O. The Labute approximate surface area is 106 Å². The third kappa shape index (κ3) is 2.84. The van der Waals surface area contributed by atoms with Gasteiger partial charge in [0.25, 0.3) is 0 Å². The van der Waals surface area contributed by atoms with Gasteiger partial charge in [-0.3, -0.25) is 4.68 Å². The summed E-state index contributed by atoms with van der Waals surface area (Å²) in [5.74, 6) is 1.14. The van der Waals surface area contributed by atoms with Gasteiger partial charge < -0.3 is 10.5 Å². The lowest BCUT2D eigenvalue weighted by Crippen LogP contribution is -2.12. The van der Waals surface area contributed by atoms with Gasteiger partial charge in [0, 0.05) is 38.4 Å². The number of hydrogen-bond donors (Lipinski definition) is 1. The quantitative estimate of drug-likeness (QED) is 0.873. The molecule has 1 atom stereocenters. The van der Waals surface area contributed by atoms with E-state index >= 15 is 0 Å². The first-order chi connectivity index (χ1) is 8.58. The van der Waals surface area contributed by atoms with Crippen molar-refractivity contribution in [3.05, 3.63) is 24.3 Å². The molecule has 0 fully saturated rings. The van der Waals surface area contributed by atoms with Crippen LogP contribution in [0.5, 0.6) is 0 Å². The minimum absolute atomic E-state index is 0.0635. The molecule has 0 aliphatic carbocycles. The average molecular weight is 247 g/mol. The Morgan fingerprint density at radius 3 is 2.83 bits per heavy atom. The molecule has 0 aliphatic heterocycles. The molecule has 0 spiro atoms. The molecule has 0 aliphatic rings. The monoisotopic (exact) mass is 247 g/mol. The van der Waals surface area contributed by atoms with Crippen LogP contribution in [0.1, 0.15) is 12.7 Å². The predicted molar refractivity (Wildman–Crippen MR) is 68.8 cm³/mol. The maximum Gasteiger partial charge on any atom is 0.133 e. The van der Waals surface area contributed by atoms with Crippen molar-refractivity contribution in [2.24, 2.45) is 7.05 Å². The first-order valence-electron chi connectivity index (χ1n) is 5.73. The summed E-state index contributed by atoms with van der Waals surface area (Å²) in [6, 6.07) is 1.75. The third-order valence-corrected chi connectivity index (χ3v) is 2.67. The molecule has 0 bridgehead atoms. The Balaban J connectivity index is 2.32. The Morgan fingerprint density at radius 2 is 2.22 bits per heavy atom. The number of rotatable bonds is 4. The van der Waals surface area contributed by atoms with Gasteiger partial charge in [-0.1, -0.05) is 0 Å². The fourth-order valence-electron chi connectivity index (χ4n) is 1.65. The summed E-state index contributed by atoms with van der Waals surface area (Å²) >= 11 is 0. The van der Waals surface area contributed by atoms with E-state index in [-0.39, 0.29) is 6.10 Å². The highest BCUT2D eigenvalue weighted by atomic mass is 16.5. The first kappa shape index (κ1) is 12.5. The number of aryl methyl sites for hydroxylation is 1. The highest BCUT2D eigenvalue weighted by Gasteiger charge is 2.09. The molecule has 18 heavy (non-hydrogen) atoms. The number of nitrogen functional groups attached to an aromatic ring is 1. The highest BCUT2D eigenvalue weighted by Crippen LogP contribution is 2.18. The number of aromatic nitrogens is 4. The van der Waals surface area contributed by atoms with Gasteiger partial charge in [0.1, 0.15) is 11.6 Å². The second-order valence-corrected chi connectivity index (χ2v) is 4.25. The molecule has 2 N–H and O–H groups in total. The van der Waals surface area contributed by atoms with E-state index in [1.165, 1.54) is 0 Å². The van der Waals surface area contributed by atoms with Gasteiger partial charge in [0.15, 0.2) is 0 Å². The zero-order valence-corrected chi connectivity index (χ0v) is 10.8. The van der Waals surface area contributed by atoms with Gasteiger partial charge in [-0.25, -0.2) is 9.97 Å². The molecule has 0 amide bonds. The van der Waals surface area contributed by atoms with E-state index < -0.39 is 0 Å². The molecule has 0 aromatic carbocycles. The molecule has 2 aromatic rings. The van der Waals surface area contributed by atoms with E-state index in [0.717, 1.165) is 11.3 Å². The largest absolute Gasteiger partial charge is 0.384 e. The van der Waals surface area contributed by atoms with Crippen LogP contribution in [0.15, 0.2) is 18.5 Å². The fraction of sp³-hybridized carbons (Fsp3) is 0.417. The van der Waals surface area contributed by atoms with Crippen LogP contribution in [-0.2, 0) is 18.2 Å². The summed E-state index contributed by atoms with van der Waals surface area (Å²) in [4.78, 5) is 8.69. The van der Waals surface area contributed by atoms with Crippen LogP contribution in [0.4, 0.5) is 5.82 Å². The second-order valence-electron chi connectivity index (χ2n) is 4.25. The summed E-state index contributed by atoms with van der Waals surface area (Å²) < 4.78 is 6.93. The molecular weight excluding hydrogens is 230 g/mol. The minimum atomic E-state index is 0.0635. The lowest BCUT2D eigenvalue weighted by atomic mass is 10.2. The van der Waals surface area contributed by atoms with Crippen molar-refractivity contribution in [2.75, 3.05) is 12.8 Å². The summed E-state index contributed by atoms with van der Waals surface area (Å²) in [7, 11) is 3.53. The van der Waals surface area contributed by atoms with Crippen LogP contribution in [0, 0.1) is 0 Å². The van der Waals surface area contributed by atoms with E-state index in [9.17, 15) is 0 Å². The van der Waals surface area contributed by atoms with E-state index in [1.54, 1.807) is 24.1 Å². The maximum absolute atomic E-state index is 5.80. The SMILES string of the molecule is COC(C)Cc1nc(N)cc(-c2cnn(C)c2)n1. The number of methoxy groups -OCH3 is 1. The van der Waals surface area contributed by atoms with E-state index in [4.69, 9.17) is 10.5 Å². The van der Waals surface area contributed by atoms with Crippen LogP contribution in [-0.4, -0.2) is 33.0 Å². The third-order valence-electron chi connectivity index (χ3n) is 2.67. The van der Waals surface area contributed by atoms with Gasteiger partial charge in [-0.05, 0) is 6.92 Å². The highest BCUT2D eigenvalue weighted by molar-refractivity contribution is 5.60. The molecule has 2 rings (SSSR count). The van der Waals surface area contributed by atoms with Crippen molar-refractivity contribution in [1.29, 1.82) is 0 Å². The Morgan fingerprint density at radius 1 is 1.44 bits per heavy atom. The summed E-state index contributed by atoms with van der Waals surface area (Å²) in [5.41, 5.74) is 7.52. The Bertz CT molecular complexity index is 537. The maximum atomic E-state index is 5.80. The normalized spacial score (nSPS) is 12.6. The number of nitrogens with zero attached hydrogens (tertiary/aromatic N) is 4. The lowest BCUT2D eigenvalue weighted by molar-refractivity contribution is 0.117. The molecule has 6 heteroatoms. The molecule has 1 unspecified atom stereocenters. The summed E-state index contributed by atoms with van der Waals surface area (Å²) in [6.07, 6.45) is 4.35. The van der Waals surface area contributed by atoms with Crippen LogP contribution in [0.25, 0.3) is 11.3 Å². The Kier molecular flexibility index (Phi) is 3.57. The van der Waals surface area contributed by atoms with E-state index in [0.29, 0.717) is 18.1 Å². The van der Waals surface area contributed by atoms with Crippen molar-refractivity contribution in [1.82, 2.24) is 19.7 Å². The number of anilines is 1. The van der Waals surface area contributed by atoms with Crippen molar-refractivity contribution in [3.63, 3.8) is 0 Å². The Hall–Kier alpha value is -1.95. The van der Waals surface area contributed by atoms with Crippen LogP contribution in [0.2, 0.25) is 0 Å². The van der Waals surface area contributed by atoms with Crippen LogP contribution < -0.4 is 5.73 Å². The molecule has 2 heterocycles. The molecule has 0 saturated heterocycles. The summed E-state index contributed by atoms with van der Waals surface area (Å²) in [5, 5.41) is 4.12. The molecule has 6 nitrogen and oxygen atoms in total. The van der Waals surface area contributed by atoms with Crippen molar-refractivity contribution < 1.29 is 4.74 Å². The molecule has 96 valence electrons. The van der Waals surface area contributed by atoms with Crippen LogP contribution in [0.3, 0.4) is 0 Å². The summed E-state index contributed by atoms with van der Waals surface area (Å²) in [6.45, 7) is 1.97. The van der Waals surface area contributed by atoms with E-state index in [2.05, 4.69) is 15.1 Å². The molecule has 2 aromatic heterocycles. The van der Waals surface area contributed by atoms with Crippen molar-refractivity contribution in [3.8, 4) is 11.3 Å². The zero-order chi connectivity index (χ0) is 13.1. The average Bonchev–Trinajstić information content (AvgIpc) is 2.75. The van der Waals surface area contributed by atoms with Crippen LogP contribution >= 0.6 is 0 Å². The lowest BCUT2D eigenvalue weighted by Gasteiger charge is -2.09. The predicted octanol–water partition coefficient (Wildman–Crippen LogP) is 1.04. The topological polar surface area (TPSA) is 78.9 Å². The van der Waals surface area contributed by atoms with Gasteiger partial charge in [0.2, 0.25) is 0 Å². The van der Waals surface area contributed by atoms with E-state index in [1.807, 2.05) is 20.2 Å². The van der Waals surface area contributed by atoms with Gasteiger partial charge in [-0.15, -0.1) is 0 Å². The van der Waals surface area contributed by atoms with Crippen molar-refractivity contribution in [2.45, 2.75) is 19.4 Å². The molecule has 0 radical (unpaired) electrons. The second kappa shape index (κ2) is 5.14. The number of nitrogens with two attached hydrogens (primary N) is 1. The fourth-order valence-corrected chi connectivity index (χ4v) is 1.65. The standard InChI is InChI=1S/C12H17N5O/c1-8(18-3)4-12-15-10(5-11(13)16-12)9-6-14-17(2)7-9/h5-8H,4H2,1-3H3,(H2,13,15,16). The van der Waals surface area contributed by atoms with Gasteiger partial charge in [-0.2, -0.15) is 5.10 Å².